The van der Waals surface area contributed by atoms with Crippen LogP contribution < -0.4 is 19.7 Å². The third-order valence-electron chi connectivity index (χ3n) is 5.49. The predicted octanol–water partition coefficient (Wildman–Crippen LogP) is 3.20. The van der Waals surface area contributed by atoms with Gasteiger partial charge in [0.15, 0.2) is 5.13 Å². The van der Waals surface area contributed by atoms with Crippen molar-refractivity contribution in [2.75, 3.05) is 32.2 Å². The molecule has 26 heavy (non-hydrogen) atoms. The fraction of sp³-hybridized carbons (Fsp3) is 0.579. The second kappa shape index (κ2) is 7.31. The molecule has 0 radical (unpaired) electrons. The maximum Gasteiger partial charge on any atom is 0.223 e. The van der Waals surface area contributed by atoms with Gasteiger partial charge in [-0.1, -0.05) is 11.3 Å². The van der Waals surface area contributed by atoms with E-state index < -0.39 is 0 Å². The molecule has 4 rings (SSSR count). The standard InChI is InChI=1S/C19H25N3O3S/c1-24-14-6-7-15(25-2)17-16(14)21-19(26-17)22-10-8-12(9-11-22)18(23)20-13-4-3-5-13/h6-7,12-13H,3-5,8-11H2,1-2H3,(H,20,23). The summed E-state index contributed by atoms with van der Waals surface area (Å²) in [6.07, 6.45) is 5.28. The summed E-state index contributed by atoms with van der Waals surface area (Å²) >= 11 is 1.63. The second-order valence-corrected chi connectivity index (χ2v) is 8.02. The lowest BCUT2D eigenvalue weighted by Crippen LogP contribution is -2.46. The number of hydrogen-bond donors (Lipinski definition) is 1. The lowest BCUT2D eigenvalue weighted by molar-refractivity contribution is -0.126. The molecule has 0 bridgehead atoms. The number of carbonyl (C=O) groups is 1. The molecule has 2 aliphatic rings. The topological polar surface area (TPSA) is 63.7 Å². The van der Waals surface area contributed by atoms with E-state index in [2.05, 4.69) is 10.2 Å². The van der Waals surface area contributed by atoms with Crippen molar-refractivity contribution in [2.45, 2.75) is 38.1 Å². The number of nitrogens with one attached hydrogen (secondary N) is 1. The molecule has 2 heterocycles. The molecule has 1 aliphatic carbocycles. The van der Waals surface area contributed by atoms with Crippen molar-refractivity contribution in [1.82, 2.24) is 10.3 Å². The van der Waals surface area contributed by atoms with Crippen LogP contribution in [0.5, 0.6) is 11.5 Å². The summed E-state index contributed by atoms with van der Waals surface area (Å²) in [7, 11) is 3.33. The average Bonchev–Trinajstić information content (AvgIpc) is 3.09. The van der Waals surface area contributed by atoms with Gasteiger partial charge in [-0.3, -0.25) is 4.79 Å². The van der Waals surface area contributed by atoms with Gasteiger partial charge in [-0.25, -0.2) is 4.98 Å². The highest BCUT2D eigenvalue weighted by molar-refractivity contribution is 7.22. The summed E-state index contributed by atoms with van der Waals surface area (Å²) in [4.78, 5) is 19.4. The Labute approximate surface area is 157 Å². The fourth-order valence-corrected chi connectivity index (χ4v) is 4.74. The number of carbonyl (C=O) groups excluding carboxylic acids is 1. The molecule has 0 spiro atoms. The fourth-order valence-electron chi connectivity index (χ4n) is 3.61. The molecule has 1 saturated heterocycles. The Kier molecular flexibility index (Phi) is 4.89. The smallest absolute Gasteiger partial charge is 0.223 e. The zero-order valence-corrected chi connectivity index (χ0v) is 16.1. The minimum absolute atomic E-state index is 0.130. The molecule has 2 fully saturated rings. The van der Waals surface area contributed by atoms with Gasteiger partial charge in [0.2, 0.25) is 5.91 Å². The van der Waals surface area contributed by atoms with E-state index in [0.29, 0.717) is 6.04 Å². The highest BCUT2D eigenvalue weighted by Crippen LogP contribution is 2.40. The van der Waals surface area contributed by atoms with Gasteiger partial charge in [-0.2, -0.15) is 0 Å². The van der Waals surface area contributed by atoms with Gasteiger partial charge in [-0.05, 0) is 44.2 Å². The van der Waals surface area contributed by atoms with E-state index in [1.54, 1.807) is 25.6 Å². The van der Waals surface area contributed by atoms with E-state index in [1.807, 2.05) is 12.1 Å². The molecule has 140 valence electrons. The SMILES string of the molecule is COc1ccc(OC)c2sc(N3CCC(C(=O)NC4CCC4)CC3)nc12. The molecular weight excluding hydrogens is 350 g/mol. The van der Waals surface area contributed by atoms with Gasteiger partial charge < -0.3 is 19.7 Å². The number of rotatable bonds is 5. The van der Waals surface area contributed by atoms with Crippen LogP contribution in [-0.4, -0.2) is 44.2 Å². The Morgan fingerprint density at radius 3 is 2.46 bits per heavy atom. The first-order valence-corrected chi connectivity index (χ1v) is 10.1. The number of ether oxygens (including phenoxy) is 2. The Balaban J connectivity index is 1.46. The third-order valence-corrected chi connectivity index (χ3v) is 6.62. The van der Waals surface area contributed by atoms with Crippen molar-refractivity contribution < 1.29 is 14.3 Å². The number of fused-ring (bicyclic) bond motifs is 1. The number of piperidine rings is 1. The van der Waals surface area contributed by atoms with Gasteiger partial charge in [0, 0.05) is 25.0 Å². The van der Waals surface area contributed by atoms with Crippen LogP contribution in [0.1, 0.15) is 32.1 Å². The predicted molar refractivity (Wildman–Crippen MR) is 103 cm³/mol. The Morgan fingerprint density at radius 2 is 1.85 bits per heavy atom. The van der Waals surface area contributed by atoms with Crippen LogP contribution in [0.4, 0.5) is 5.13 Å². The van der Waals surface area contributed by atoms with Crippen molar-refractivity contribution in [3.05, 3.63) is 12.1 Å². The van der Waals surface area contributed by atoms with Gasteiger partial charge in [0.25, 0.3) is 0 Å². The van der Waals surface area contributed by atoms with Crippen LogP contribution in [0, 0.1) is 5.92 Å². The van der Waals surface area contributed by atoms with E-state index >= 15 is 0 Å². The maximum atomic E-state index is 12.4. The molecule has 0 atom stereocenters. The van der Waals surface area contributed by atoms with Crippen LogP contribution in [0.3, 0.4) is 0 Å². The monoisotopic (exact) mass is 375 g/mol. The number of anilines is 1. The highest BCUT2D eigenvalue weighted by Gasteiger charge is 2.29. The molecule has 1 aliphatic heterocycles. The van der Waals surface area contributed by atoms with Crippen LogP contribution in [0.25, 0.3) is 10.2 Å². The Morgan fingerprint density at radius 1 is 1.15 bits per heavy atom. The molecule has 6 nitrogen and oxygen atoms in total. The number of thiazole rings is 1. The minimum Gasteiger partial charge on any atom is -0.495 e. The summed E-state index contributed by atoms with van der Waals surface area (Å²) in [5, 5.41) is 4.16. The molecule has 2 aromatic rings. The molecule has 1 amide bonds. The number of amides is 1. The van der Waals surface area contributed by atoms with E-state index in [9.17, 15) is 4.79 Å². The normalized spacial score (nSPS) is 18.6. The Bertz CT molecular complexity index is 754. The van der Waals surface area contributed by atoms with Crippen LogP contribution in [0.15, 0.2) is 12.1 Å². The summed E-state index contributed by atoms with van der Waals surface area (Å²) < 4.78 is 11.9. The molecule has 7 heteroatoms. The van der Waals surface area contributed by atoms with Gasteiger partial charge in [0.1, 0.15) is 21.7 Å². The zero-order chi connectivity index (χ0) is 18.1. The first-order chi connectivity index (χ1) is 12.7. The van der Waals surface area contributed by atoms with Gasteiger partial charge in [-0.15, -0.1) is 0 Å². The third kappa shape index (κ3) is 3.20. The molecule has 1 saturated carbocycles. The van der Waals surface area contributed by atoms with Crippen molar-refractivity contribution in [2.24, 2.45) is 5.92 Å². The lowest BCUT2D eigenvalue weighted by Gasteiger charge is -2.33. The Hall–Kier alpha value is -2.02. The second-order valence-electron chi connectivity index (χ2n) is 7.04. The van der Waals surface area contributed by atoms with E-state index in [0.717, 1.165) is 65.6 Å². The van der Waals surface area contributed by atoms with Crippen LogP contribution >= 0.6 is 11.3 Å². The quantitative estimate of drug-likeness (QED) is 0.869. The molecule has 0 unspecified atom stereocenters. The largest absolute Gasteiger partial charge is 0.495 e. The summed E-state index contributed by atoms with van der Waals surface area (Å²) in [6, 6.07) is 4.23. The van der Waals surface area contributed by atoms with E-state index in [4.69, 9.17) is 14.5 Å². The average molecular weight is 375 g/mol. The number of methoxy groups -OCH3 is 2. The van der Waals surface area contributed by atoms with E-state index in [1.165, 1.54) is 6.42 Å². The van der Waals surface area contributed by atoms with Crippen molar-refractivity contribution >= 4 is 32.6 Å². The maximum absolute atomic E-state index is 12.4. The molecule has 1 N–H and O–H groups in total. The van der Waals surface area contributed by atoms with Gasteiger partial charge in [0.05, 0.1) is 14.2 Å². The summed E-state index contributed by atoms with van der Waals surface area (Å²) in [5.74, 6) is 1.95. The molecular formula is C19H25N3O3S. The summed E-state index contributed by atoms with van der Waals surface area (Å²) in [6.45, 7) is 1.71. The molecule has 1 aromatic carbocycles. The van der Waals surface area contributed by atoms with Crippen molar-refractivity contribution in [3.8, 4) is 11.5 Å². The van der Waals surface area contributed by atoms with Gasteiger partial charge >= 0.3 is 0 Å². The number of benzene rings is 1. The lowest BCUT2D eigenvalue weighted by atomic mass is 9.90. The first kappa shape index (κ1) is 17.4. The van der Waals surface area contributed by atoms with Crippen LogP contribution in [-0.2, 0) is 4.79 Å². The van der Waals surface area contributed by atoms with Crippen LogP contribution in [0.2, 0.25) is 0 Å². The zero-order valence-electron chi connectivity index (χ0n) is 15.3. The summed E-state index contributed by atoms with van der Waals surface area (Å²) in [5.41, 5.74) is 0.844. The number of aromatic nitrogens is 1. The first-order valence-electron chi connectivity index (χ1n) is 9.26. The number of nitrogens with zero attached hydrogens (tertiary/aromatic N) is 2. The minimum atomic E-state index is 0.130. The highest BCUT2D eigenvalue weighted by atomic mass is 32.1. The van der Waals surface area contributed by atoms with Crippen molar-refractivity contribution in [1.29, 1.82) is 0 Å². The van der Waals surface area contributed by atoms with E-state index in [-0.39, 0.29) is 11.8 Å². The van der Waals surface area contributed by atoms with Crippen molar-refractivity contribution in [3.63, 3.8) is 0 Å². The number of hydrogen-bond acceptors (Lipinski definition) is 6. The molecule has 1 aromatic heterocycles.